The van der Waals surface area contributed by atoms with Gasteiger partial charge in [0.05, 0.1) is 0 Å². The van der Waals surface area contributed by atoms with E-state index in [1.54, 1.807) is 24.3 Å². The van der Waals surface area contributed by atoms with Gasteiger partial charge in [0.25, 0.3) is 17.7 Å². The fourth-order valence-corrected chi connectivity index (χ4v) is 3.92. The summed E-state index contributed by atoms with van der Waals surface area (Å²) in [7, 11) is 0. The summed E-state index contributed by atoms with van der Waals surface area (Å²) in [6.07, 6.45) is -3.50. The van der Waals surface area contributed by atoms with Gasteiger partial charge in [-0.25, -0.2) is 9.80 Å². The van der Waals surface area contributed by atoms with Gasteiger partial charge in [-0.3, -0.25) is 34.2 Å². The SMILES string of the molecule is CC(NC(=O)[C@@H]1O[C@H]1C(=O)N(CC(N)=O)NC(=O)[C@H](C)NC(=O)[C@H](C)NC(=O)OCc1ccccc1)C(=O)NCc1ccccc1. The van der Waals surface area contributed by atoms with E-state index < -0.39 is 78.4 Å². The lowest BCUT2D eigenvalue weighted by atomic mass is 10.2. The summed E-state index contributed by atoms with van der Waals surface area (Å²) < 4.78 is 10.2. The van der Waals surface area contributed by atoms with Gasteiger partial charge in [0.2, 0.25) is 17.7 Å². The van der Waals surface area contributed by atoms with Crippen LogP contribution in [0, 0.1) is 0 Å². The molecule has 2 aromatic carbocycles. The van der Waals surface area contributed by atoms with Crippen molar-refractivity contribution in [3.05, 3.63) is 71.8 Å². The fraction of sp³-hybridized carbons (Fsp3) is 0.367. The summed E-state index contributed by atoms with van der Waals surface area (Å²) in [5.74, 6) is -4.81. The van der Waals surface area contributed by atoms with E-state index in [-0.39, 0.29) is 13.2 Å². The van der Waals surface area contributed by atoms with Crippen molar-refractivity contribution >= 4 is 41.5 Å². The number of hydrazine groups is 1. The van der Waals surface area contributed by atoms with Gasteiger partial charge < -0.3 is 36.5 Å². The van der Waals surface area contributed by atoms with Crippen LogP contribution in [-0.2, 0) is 51.4 Å². The number of alkyl carbamates (subject to hydrolysis) is 1. The molecular weight excluding hydrogens is 602 g/mol. The smallest absolute Gasteiger partial charge is 0.408 e. The Kier molecular flexibility index (Phi) is 12.6. The minimum absolute atomic E-state index is 0.0140. The Morgan fingerprint density at radius 3 is 1.93 bits per heavy atom. The Hall–Kier alpha value is -5.51. The Labute approximate surface area is 264 Å². The van der Waals surface area contributed by atoms with Crippen LogP contribution in [0.25, 0.3) is 0 Å². The second-order valence-corrected chi connectivity index (χ2v) is 10.4. The normalized spacial score (nSPS) is 16.8. The minimum atomic E-state index is -1.37. The van der Waals surface area contributed by atoms with Gasteiger partial charge in [-0.05, 0) is 31.9 Å². The summed E-state index contributed by atoms with van der Waals surface area (Å²) in [6, 6.07) is 14.7. The van der Waals surface area contributed by atoms with E-state index in [2.05, 4.69) is 26.7 Å². The van der Waals surface area contributed by atoms with Crippen molar-refractivity contribution in [1.29, 1.82) is 0 Å². The summed E-state index contributed by atoms with van der Waals surface area (Å²) >= 11 is 0. The number of nitrogens with one attached hydrogen (secondary N) is 5. The number of nitrogens with zero attached hydrogens (tertiary/aromatic N) is 1. The van der Waals surface area contributed by atoms with Crippen LogP contribution in [0.4, 0.5) is 4.79 Å². The molecule has 1 aliphatic heterocycles. The highest BCUT2D eigenvalue weighted by atomic mass is 16.6. The Morgan fingerprint density at radius 1 is 0.761 bits per heavy atom. The number of ether oxygens (including phenoxy) is 2. The van der Waals surface area contributed by atoms with Crippen LogP contribution in [0.3, 0.4) is 0 Å². The molecule has 1 fully saturated rings. The highest BCUT2D eigenvalue weighted by Crippen LogP contribution is 2.24. The van der Waals surface area contributed by atoms with E-state index in [0.717, 1.165) is 11.1 Å². The first kappa shape index (κ1) is 35.0. The Morgan fingerprint density at radius 2 is 1.33 bits per heavy atom. The zero-order chi connectivity index (χ0) is 33.8. The van der Waals surface area contributed by atoms with Gasteiger partial charge in [-0.1, -0.05) is 60.7 Å². The molecule has 5 atom stereocenters. The lowest BCUT2D eigenvalue weighted by molar-refractivity contribution is -0.145. The highest BCUT2D eigenvalue weighted by Gasteiger charge is 2.53. The van der Waals surface area contributed by atoms with Gasteiger partial charge in [-0.15, -0.1) is 0 Å². The molecule has 0 spiro atoms. The van der Waals surface area contributed by atoms with E-state index in [0.29, 0.717) is 5.01 Å². The second kappa shape index (κ2) is 16.5. The van der Waals surface area contributed by atoms with Crippen LogP contribution in [0.15, 0.2) is 60.7 Å². The number of amides is 7. The molecule has 7 amide bonds. The van der Waals surface area contributed by atoms with Crippen molar-refractivity contribution in [2.24, 2.45) is 5.73 Å². The van der Waals surface area contributed by atoms with Crippen LogP contribution in [0.2, 0.25) is 0 Å². The number of epoxide rings is 1. The monoisotopic (exact) mass is 639 g/mol. The van der Waals surface area contributed by atoms with Crippen molar-refractivity contribution < 1.29 is 43.0 Å². The number of nitrogens with two attached hydrogens (primary N) is 1. The number of benzene rings is 2. The highest BCUT2D eigenvalue weighted by molar-refractivity contribution is 5.99. The molecule has 0 aliphatic carbocycles. The van der Waals surface area contributed by atoms with Crippen molar-refractivity contribution in [2.75, 3.05) is 6.54 Å². The van der Waals surface area contributed by atoms with Gasteiger partial charge in [0.1, 0.15) is 31.3 Å². The number of carbonyl (C=O) groups excluding carboxylic acids is 7. The first-order chi connectivity index (χ1) is 21.8. The largest absolute Gasteiger partial charge is 0.445 e. The number of primary amides is 1. The maximum absolute atomic E-state index is 13.0. The van der Waals surface area contributed by atoms with E-state index in [1.165, 1.54) is 20.8 Å². The molecule has 246 valence electrons. The molecule has 3 rings (SSSR count). The molecule has 16 nitrogen and oxygen atoms in total. The molecule has 0 radical (unpaired) electrons. The Bertz CT molecular complexity index is 1420. The zero-order valence-corrected chi connectivity index (χ0v) is 25.5. The van der Waals surface area contributed by atoms with Crippen molar-refractivity contribution in [2.45, 2.75) is 64.3 Å². The number of rotatable bonds is 14. The fourth-order valence-electron chi connectivity index (χ4n) is 3.92. The maximum Gasteiger partial charge on any atom is 0.408 e. The summed E-state index contributed by atoms with van der Waals surface area (Å²) in [6.45, 7) is 3.60. The van der Waals surface area contributed by atoms with Gasteiger partial charge >= 0.3 is 6.09 Å². The van der Waals surface area contributed by atoms with Crippen LogP contribution < -0.4 is 32.4 Å². The third-order valence-electron chi connectivity index (χ3n) is 6.57. The first-order valence-corrected chi connectivity index (χ1v) is 14.3. The second-order valence-electron chi connectivity index (χ2n) is 10.4. The summed E-state index contributed by atoms with van der Waals surface area (Å²) in [5.41, 5.74) is 9.02. The molecule has 0 aromatic heterocycles. The van der Waals surface area contributed by atoms with Crippen LogP contribution in [0.1, 0.15) is 31.9 Å². The van der Waals surface area contributed by atoms with E-state index in [4.69, 9.17) is 15.2 Å². The molecule has 1 heterocycles. The average Bonchev–Trinajstić information content (AvgIpc) is 3.84. The van der Waals surface area contributed by atoms with Crippen molar-refractivity contribution in [3.8, 4) is 0 Å². The van der Waals surface area contributed by atoms with Gasteiger partial charge in [0.15, 0.2) is 12.2 Å². The first-order valence-electron chi connectivity index (χ1n) is 14.3. The zero-order valence-electron chi connectivity index (χ0n) is 25.5. The average molecular weight is 640 g/mol. The standard InChI is InChI=1S/C30H37N7O9/c1-17(25(39)32-14-20-10-6-4-7-11-20)34-28(42)23-24(46-23)29(43)37(15-22(31)38)36-27(41)19(3)33-26(40)18(2)35-30(44)45-16-21-12-8-5-9-13-21/h4-13,17-19,23-24H,14-16H2,1-3H3,(H2,31,38)(H,32,39)(H,33,40)(H,34,42)(H,35,44)(H,36,41)/t17?,18-,19-,23+,24+/m0/s1. The Balaban J connectivity index is 1.45. The molecular formula is C30H37N7O9. The van der Waals surface area contributed by atoms with Crippen LogP contribution >= 0.6 is 0 Å². The molecule has 7 N–H and O–H groups in total. The van der Waals surface area contributed by atoms with Gasteiger partial charge in [0, 0.05) is 6.54 Å². The predicted molar refractivity (Wildman–Crippen MR) is 160 cm³/mol. The van der Waals surface area contributed by atoms with E-state index in [1.807, 2.05) is 36.4 Å². The summed E-state index contributed by atoms with van der Waals surface area (Å²) in [5, 5.41) is 10.4. The van der Waals surface area contributed by atoms with Crippen LogP contribution in [0.5, 0.6) is 0 Å². The molecule has 2 aromatic rings. The van der Waals surface area contributed by atoms with Gasteiger partial charge in [-0.2, -0.15) is 0 Å². The number of hydrogen-bond acceptors (Lipinski definition) is 9. The predicted octanol–water partition coefficient (Wildman–Crippen LogP) is -1.26. The van der Waals surface area contributed by atoms with E-state index >= 15 is 0 Å². The lowest BCUT2D eigenvalue weighted by Crippen LogP contribution is -2.58. The quantitative estimate of drug-likeness (QED) is 0.107. The number of hydrogen-bond donors (Lipinski definition) is 6. The third kappa shape index (κ3) is 10.9. The van der Waals surface area contributed by atoms with Crippen molar-refractivity contribution in [3.63, 3.8) is 0 Å². The molecule has 16 heteroatoms. The molecule has 0 bridgehead atoms. The van der Waals surface area contributed by atoms with E-state index in [9.17, 15) is 33.6 Å². The maximum atomic E-state index is 13.0. The van der Waals surface area contributed by atoms with Crippen molar-refractivity contribution in [1.82, 2.24) is 31.7 Å². The number of carbonyl (C=O) groups is 7. The molecule has 1 saturated heterocycles. The molecule has 46 heavy (non-hydrogen) atoms. The molecule has 0 saturated carbocycles. The van der Waals surface area contributed by atoms with Crippen LogP contribution in [-0.4, -0.2) is 83.4 Å². The molecule has 1 unspecified atom stereocenters. The third-order valence-corrected chi connectivity index (χ3v) is 6.57. The summed E-state index contributed by atoms with van der Waals surface area (Å²) in [4.78, 5) is 86.9. The topological polar surface area (TPSA) is 231 Å². The minimum Gasteiger partial charge on any atom is -0.445 e. The molecule has 1 aliphatic rings. The lowest BCUT2D eigenvalue weighted by Gasteiger charge is -2.24.